The number of aryl methyl sites for hydroxylation is 1. The van der Waals surface area contributed by atoms with Gasteiger partial charge in [0.2, 0.25) is 0 Å². The molecule has 0 saturated carbocycles. The molecular formula is C21H25FN4O. The molecule has 0 aromatic heterocycles. The minimum absolute atomic E-state index is 0.273. The summed E-state index contributed by atoms with van der Waals surface area (Å²) in [6, 6.07) is 12.4. The molecule has 2 aromatic carbocycles. The molecule has 0 aliphatic rings. The van der Waals surface area contributed by atoms with Crippen LogP contribution in [0.15, 0.2) is 41.4 Å². The van der Waals surface area contributed by atoms with Gasteiger partial charge in [-0.2, -0.15) is 5.26 Å². The third kappa shape index (κ3) is 6.00. The molecule has 142 valence electrons. The van der Waals surface area contributed by atoms with E-state index < -0.39 is 5.82 Å². The maximum Gasteiger partial charge on any atom is 0.191 e. The highest BCUT2D eigenvalue weighted by atomic mass is 19.1. The number of ether oxygens (including phenoxy) is 1. The van der Waals surface area contributed by atoms with E-state index in [0.717, 1.165) is 16.9 Å². The van der Waals surface area contributed by atoms with Gasteiger partial charge in [0.1, 0.15) is 11.6 Å². The fourth-order valence-corrected chi connectivity index (χ4v) is 2.53. The Kier molecular flexibility index (Phi) is 7.63. The van der Waals surface area contributed by atoms with Gasteiger partial charge >= 0.3 is 0 Å². The maximum absolute atomic E-state index is 14.0. The first-order valence-corrected chi connectivity index (χ1v) is 9.00. The summed E-state index contributed by atoms with van der Waals surface area (Å²) in [5, 5.41) is 15.1. The quantitative estimate of drug-likeness (QED) is 0.578. The molecule has 5 nitrogen and oxygen atoms in total. The Hall–Kier alpha value is -3.07. The van der Waals surface area contributed by atoms with E-state index in [-0.39, 0.29) is 6.54 Å². The van der Waals surface area contributed by atoms with Crippen LogP contribution in [0.4, 0.5) is 4.39 Å². The van der Waals surface area contributed by atoms with Gasteiger partial charge in [-0.15, -0.1) is 0 Å². The standard InChI is InChI=1S/C21H25FN4O/c1-4-24-21(25-13-17-9-7-16(12-23)11-19(17)22)26-14-18-8-6-15(3)10-20(18)27-5-2/h6-11H,4-5,13-14H2,1-3H3,(H2,24,25,26). The van der Waals surface area contributed by atoms with Gasteiger partial charge < -0.3 is 15.4 Å². The summed E-state index contributed by atoms with van der Waals surface area (Å²) < 4.78 is 19.7. The first kappa shape index (κ1) is 20.2. The van der Waals surface area contributed by atoms with Crippen molar-refractivity contribution in [2.75, 3.05) is 13.2 Å². The normalized spacial score (nSPS) is 11.0. The molecule has 0 spiro atoms. The van der Waals surface area contributed by atoms with Crippen LogP contribution in [0.25, 0.3) is 0 Å². The number of nitrogens with one attached hydrogen (secondary N) is 2. The second kappa shape index (κ2) is 10.2. The minimum atomic E-state index is -0.408. The van der Waals surface area contributed by atoms with Crippen LogP contribution in [-0.2, 0) is 13.1 Å². The lowest BCUT2D eigenvalue weighted by molar-refractivity contribution is 0.336. The number of rotatable bonds is 7. The van der Waals surface area contributed by atoms with Crippen LogP contribution >= 0.6 is 0 Å². The zero-order chi connectivity index (χ0) is 19.6. The molecule has 0 aliphatic carbocycles. The predicted octanol–water partition coefficient (Wildman–Crippen LogP) is 3.66. The van der Waals surface area contributed by atoms with Crippen molar-refractivity contribution in [2.24, 2.45) is 4.99 Å². The van der Waals surface area contributed by atoms with Gasteiger partial charge in [-0.1, -0.05) is 18.2 Å². The van der Waals surface area contributed by atoms with Gasteiger partial charge in [-0.3, -0.25) is 0 Å². The SMILES string of the molecule is CCNC(=NCc1ccc(C)cc1OCC)NCc1ccc(C#N)cc1F. The van der Waals surface area contributed by atoms with E-state index in [0.29, 0.717) is 36.8 Å². The molecule has 0 unspecified atom stereocenters. The van der Waals surface area contributed by atoms with E-state index in [1.807, 2.05) is 45.0 Å². The average molecular weight is 368 g/mol. The van der Waals surface area contributed by atoms with Crippen molar-refractivity contribution < 1.29 is 9.13 Å². The van der Waals surface area contributed by atoms with Crippen LogP contribution < -0.4 is 15.4 Å². The number of nitriles is 1. The fourth-order valence-electron chi connectivity index (χ4n) is 2.53. The third-order valence-corrected chi connectivity index (χ3v) is 3.90. The van der Waals surface area contributed by atoms with Crippen LogP contribution in [-0.4, -0.2) is 19.1 Å². The summed E-state index contributed by atoms with van der Waals surface area (Å²) in [5.41, 5.74) is 2.90. The highest BCUT2D eigenvalue weighted by Crippen LogP contribution is 2.21. The summed E-state index contributed by atoms with van der Waals surface area (Å²) in [4.78, 5) is 4.57. The second-order valence-corrected chi connectivity index (χ2v) is 6.01. The second-order valence-electron chi connectivity index (χ2n) is 6.01. The molecule has 0 radical (unpaired) electrons. The van der Waals surface area contributed by atoms with Crippen molar-refractivity contribution in [3.63, 3.8) is 0 Å². The van der Waals surface area contributed by atoms with E-state index in [4.69, 9.17) is 10.00 Å². The van der Waals surface area contributed by atoms with Crippen LogP contribution in [0.3, 0.4) is 0 Å². The number of guanidine groups is 1. The smallest absolute Gasteiger partial charge is 0.191 e. The van der Waals surface area contributed by atoms with Gasteiger partial charge in [-0.25, -0.2) is 9.38 Å². The summed E-state index contributed by atoms with van der Waals surface area (Å²) in [6.07, 6.45) is 0. The molecule has 0 aliphatic heterocycles. The molecule has 2 N–H and O–H groups in total. The van der Waals surface area contributed by atoms with E-state index in [1.54, 1.807) is 12.1 Å². The summed E-state index contributed by atoms with van der Waals surface area (Å²) in [5.74, 6) is 1.01. The number of halogens is 1. The summed E-state index contributed by atoms with van der Waals surface area (Å²) >= 11 is 0. The van der Waals surface area contributed by atoms with Gasteiger partial charge in [0.15, 0.2) is 5.96 Å². The van der Waals surface area contributed by atoms with Crippen LogP contribution in [0.2, 0.25) is 0 Å². The number of aliphatic imine (C=N–C) groups is 1. The topological polar surface area (TPSA) is 69.4 Å². The molecule has 0 bridgehead atoms. The molecule has 27 heavy (non-hydrogen) atoms. The van der Waals surface area contributed by atoms with E-state index in [1.165, 1.54) is 6.07 Å². The Morgan fingerprint density at radius 1 is 1.15 bits per heavy atom. The van der Waals surface area contributed by atoms with Crippen molar-refractivity contribution in [1.29, 1.82) is 5.26 Å². The Bertz CT molecular complexity index is 843. The molecule has 0 fully saturated rings. The summed E-state index contributed by atoms with van der Waals surface area (Å²) in [6.45, 7) is 7.94. The van der Waals surface area contributed by atoms with E-state index >= 15 is 0 Å². The first-order valence-electron chi connectivity index (χ1n) is 9.00. The van der Waals surface area contributed by atoms with Crippen LogP contribution in [0, 0.1) is 24.1 Å². The fraction of sp³-hybridized carbons (Fsp3) is 0.333. The molecule has 2 rings (SSSR count). The average Bonchev–Trinajstić information content (AvgIpc) is 2.66. The van der Waals surface area contributed by atoms with Crippen molar-refractivity contribution in [1.82, 2.24) is 10.6 Å². The zero-order valence-corrected chi connectivity index (χ0v) is 16.0. The largest absolute Gasteiger partial charge is 0.494 e. The van der Waals surface area contributed by atoms with E-state index in [2.05, 4.69) is 15.6 Å². The van der Waals surface area contributed by atoms with Crippen molar-refractivity contribution >= 4 is 5.96 Å². The summed E-state index contributed by atoms with van der Waals surface area (Å²) in [7, 11) is 0. The van der Waals surface area contributed by atoms with Gasteiger partial charge in [0.05, 0.1) is 24.8 Å². The number of hydrogen-bond donors (Lipinski definition) is 2. The molecule has 0 saturated heterocycles. The minimum Gasteiger partial charge on any atom is -0.494 e. The molecule has 0 amide bonds. The highest BCUT2D eigenvalue weighted by molar-refractivity contribution is 5.79. The van der Waals surface area contributed by atoms with Gasteiger partial charge in [-0.05, 0) is 44.5 Å². The van der Waals surface area contributed by atoms with Gasteiger partial charge in [0.25, 0.3) is 0 Å². The molecule has 0 heterocycles. The number of benzene rings is 2. The number of hydrogen-bond acceptors (Lipinski definition) is 3. The lowest BCUT2D eigenvalue weighted by atomic mass is 10.1. The lowest BCUT2D eigenvalue weighted by Gasteiger charge is -2.13. The molecule has 0 atom stereocenters. The van der Waals surface area contributed by atoms with Crippen LogP contribution in [0.1, 0.15) is 36.1 Å². The Morgan fingerprint density at radius 2 is 1.93 bits per heavy atom. The molecule has 2 aromatic rings. The molecular weight excluding hydrogens is 343 g/mol. The monoisotopic (exact) mass is 368 g/mol. The lowest BCUT2D eigenvalue weighted by Crippen LogP contribution is -2.37. The molecule has 6 heteroatoms. The Labute approximate surface area is 159 Å². The van der Waals surface area contributed by atoms with Gasteiger partial charge in [0, 0.05) is 24.2 Å². The van der Waals surface area contributed by atoms with Crippen LogP contribution in [0.5, 0.6) is 5.75 Å². The van der Waals surface area contributed by atoms with Crippen molar-refractivity contribution in [2.45, 2.75) is 33.9 Å². The third-order valence-electron chi connectivity index (χ3n) is 3.90. The Balaban J connectivity index is 2.10. The maximum atomic E-state index is 14.0. The zero-order valence-electron chi connectivity index (χ0n) is 16.0. The predicted molar refractivity (Wildman–Crippen MR) is 105 cm³/mol. The van der Waals surface area contributed by atoms with Crippen molar-refractivity contribution in [3.8, 4) is 11.8 Å². The van der Waals surface area contributed by atoms with Crippen molar-refractivity contribution in [3.05, 3.63) is 64.5 Å². The van der Waals surface area contributed by atoms with E-state index in [9.17, 15) is 4.39 Å². The first-order chi connectivity index (χ1) is 13.1. The Morgan fingerprint density at radius 3 is 2.59 bits per heavy atom. The highest BCUT2D eigenvalue weighted by Gasteiger charge is 2.07. The number of nitrogens with zero attached hydrogens (tertiary/aromatic N) is 2.